The molecule has 1 aromatic carbocycles. The van der Waals surface area contributed by atoms with Crippen LogP contribution in [-0.4, -0.2) is 36.3 Å². The molecule has 1 atom stereocenters. The normalized spacial score (nSPS) is 11.7. The summed E-state index contributed by atoms with van der Waals surface area (Å²) < 4.78 is 0. The fourth-order valence-electron chi connectivity index (χ4n) is 1.51. The van der Waals surface area contributed by atoms with Gasteiger partial charge in [0.1, 0.15) is 6.04 Å². The zero-order chi connectivity index (χ0) is 13.7. The molecular formula is C13H19N3O2. The largest absolute Gasteiger partial charge is 0.399 e. The zero-order valence-electron chi connectivity index (χ0n) is 10.9. The number of carbonyl (C=O) groups is 2. The SMILES string of the molecule is CCN(C)C(=O)C(C)NC(=O)c1cccc(N)c1. The van der Waals surface area contributed by atoms with Crippen LogP contribution in [0, 0.1) is 0 Å². The van der Waals surface area contributed by atoms with Gasteiger partial charge in [-0.15, -0.1) is 0 Å². The maximum absolute atomic E-state index is 11.9. The Morgan fingerprint density at radius 2 is 2.11 bits per heavy atom. The molecule has 1 rings (SSSR count). The second kappa shape index (κ2) is 6.05. The molecule has 1 aromatic rings. The number of rotatable bonds is 4. The van der Waals surface area contributed by atoms with Crippen molar-refractivity contribution in [2.45, 2.75) is 19.9 Å². The molecule has 2 amide bonds. The Morgan fingerprint density at radius 1 is 1.44 bits per heavy atom. The number of likely N-dealkylation sites (N-methyl/N-ethyl adjacent to an activating group) is 1. The lowest BCUT2D eigenvalue weighted by Crippen LogP contribution is -2.45. The van der Waals surface area contributed by atoms with Crippen LogP contribution < -0.4 is 11.1 Å². The second-order valence-corrected chi connectivity index (χ2v) is 4.17. The third kappa shape index (κ3) is 3.48. The Hall–Kier alpha value is -2.04. The number of benzene rings is 1. The first-order valence-electron chi connectivity index (χ1n) is 5.87. The smallest absolute Gasteiger partial charge is 0.251 e. The van der Waals surface area contributed by atoms with Gasteiger partial charge in [-0.1, -0.05) is 6.07 Å². The van der Waals surface area contributed by atoms with Gasteiger partial charge in [0.2, 0.25) is 5.91 Å². The molecule has 0 aliphatic carbocycles. The van der Waals surface area contributed by atoms with E-state index in [1.54, 1.807) is 43.1 Å². The summed E-state index contributed by atoms with van der Waals surface area (Å²) in [6.07, 6.45) is 0. The van der Waals surface area contributed by atoms with Gasteiger partial charge in [-0.3, -0.25) is 9.59 Å². The van der Waals surface area contributed by atoms with Crippen molar-refractivity contribution in [3.63, 3.8) is 0 Å². The summed E-state index contributed by atoms with van der Waals surface area (Å²) in [6, 6.07) is 6.09. The fraction of sp³-hybridized carbons (Fsp3) is 0.385. The van der Waals surface area contributed by atoms with Crippen LogP contribution in [0.25, 0.3) is 0 Å². The number of hydrogen-bond donors (Lipinski definition) is 2. The van der Waals surface area contributed by atoms with Crippen LogP contribution in [0.2, 0.25) is 0 Å². The van der Waals surface area contributed by atoms with Crippen LogP contribution >= 0.6 is 0 Å². The zero-order valence-corrected chi connectivity index (χ0v) is 10.9. The molecule has 98 valence electrons. The summed E-state index contributed by atoms with van der Waals surface area (Å²) in [5.74, 6) is -0.414. The van der Waals surface area contributed by atoms with Crippen molar-refractivity contribution in [3.8, 4) is 0 Å². The molecule has 5 heteroatoms. The molecule has 0 saturated carbocycles. The van der Waals surface area contributed by atoms with Crippen LogP contribution in [0.15, 0.2) is 24.3 Å². The molecule has 0 aliphatic rings. The highest BCUT2D eigenvalue weighted by molar-refractivity contribution is 5.97. The number of hydrogen-bond acceptors (Lipinski definition) is 3. The number of anilines is 1. The molecule has 18 heavy (non-hydrogen) atoms. The standard InChI is InChI=1S/C13H19N3O2/c1-4-16(3)13(18)9(2)15-12(17)10-6-5-7-11(14)8-10/h5-9H,4,14H2,1-3H3,(H,15,17). The monoisotopic (exact) mass is 249 g/mol. The van der Waals surface area contributed by atoms with Gasteiger partial charge in [-0.25, -0.2) is 0 Å². The maximum atomic E-state index is 11.9. The molecule has 1 unspecified atom stereocenters. The van der Waals surface area contributed by atoms with Crippen LogP contribution in [0.5, 0.6) is 0 Å². The minimum absolute atomic E-state index is 0.116. The first-order chi connectivity index (χ1) is 8.45. The summed E-state index contributed by atoms with van der Waals surface area (Å²) in [4.78, 5) is 25.2. The molecule has 5 nitrogen and oxygen atoms in total. The average molecular weight is 249 g/mol. The van der Waals surface area contributed by atoms with Crippen LogP contribution in [0.4, 0.5) is 5.69 Å². The van der Waals surface area contributed by atoms with Crippen molar-refractivity contribution >= 4 is 17.5 Å². The van der Waals surface area contributed by atoms with Crippen LogP contribution in [-0.2, 0) is 4.79 Å². The van der Waals surface area contributed by atoms with E-state index in [0.717, 1.165) is 0 Å². The van der Waals surface area contributed by atoms with Gasteiger partial charge < -0.3 is 16.0 Å². The lowest BCUT2D eigenvalue weighted by Gasteiger charge is -2.20. The Labute approximate surface area is 107 Å². The molecule has 0 radical (unpaired) electrons. The first-order valence-corrected chi connectivity index (χ1v) is 5.87. The van der Waals surface area contributed by atoms with Gasteiger partial charge in [-0.2, -0.15) is 0 Å². The van der Waals surface area contributed by atoms with Gasteiger partial charge in [0, 0.05) is 24.8 Å². The Bertz CT molecular complexity index is 446. The van der Waals surface area contributed by atoms with Gasteiger partial charge in [-0.05, 0) is 32.0 Å². The lowest BCUT2D eigenvalue weighted by molar-refractivity contribution is -0.131. The maximum Gasteiger partial charge on any atom is 0.251 e. The van der Waals surface area contributed by atoms with E-state index in [0.29, 0.717) is 17.8 Å². The lowest BCUT2D eigenvalue weighted by atomic mass is 10.1. The first kappa shape index (κ1) is 14.0. The van der Waals surface area contributed by atoms with E-state index >= 15 is 0 Å². The van der Waals surface area contributed by atoms with Gasteiger partial charge in [0.25, 0.3) is 5.91 Å². The van der Waals surface area contributed by atoms with Crippen LogP contribution in [0.1, 0.15) is 24.2 Å². The van der Waals surface area contributed by atoms with E-state index in [-0.39, 0.29) is 11.8 Å². The van der Waals surface area contributed by atoms with Crippen molar-refractivity contribution in [3.05, 3.63) is 29.8 Å². The molecular weight excluding hydrogens is 230 g/mol. The number of carbonyl (C=O) groups excluding carboxylic acids is 2. The minimum Gasteiger partial charge on any atom is -0.399 e. The minimum atomic E-state index is -0.552. The second-order valence-electron chi connectivity index (χ2n) is 4.17. The Morgan fingerprint density at radius 3 is 2.67 bits per heavy atom. The molecule has 0 saturated heterocycles. The molecule has 0 spiro atoms. The molecule has 0 heterocycles. The number of nitrogens with one attached hydrogen (secondary N) is 1. The third-order valence-electron chi connectivity index (χ3n) is 2.72. The molecule has 0 fully saturated rings. The molecule has 3 N–H and O–H groups in total. The number of nitrogens with zero attached hydrogens (tertiary/aromatic N) is 1. The number of nitrogens with two attached hydrogens (primary N) is 1. The van der Waals surface area contributed by atoms with E-state index in [1.165, 1.54) is 0 Å². The Balaban J connectivity index is 2.68. The van der Waals surface area contributed by atoms with Crippen molar-refractivity contribution in [1.82, 2.24) is 10.2 Å². The van der Waals surface area contributed by atoms with E-state index in [4.69, 9.17) is 5.73 Å². The van der Waals surface area contributed by atoms with E-state index in [2.05, 4.69) is 5.32 Å². The highest BCUT2D eigenvalue weighted by Gasteiger charge is 2.19. The van der Waals surface area contributed by atoms with Gasteiger partial charge >= 0.3 is 0 Å². The summed E-state index contributed by atoms with van der Waals surface area (Å²) in [7, 11) is 1.70. The predicted octanol–water partition coefficient (Wildman–Crippen LogP) is 0.865. The predicted molar refractivity (Wildman–Crippen MR) is 71.1 cm³/mol. The summed E-state index contributed by atoms with van der Waals surface area (Å²) in [5, 5.41) is 2.65. The highest BCUT2D eigenvalue weighted by Crippen LogP contribution is 2.06. The number of nitrogen functional groups attached to an aromatic ring is 1. The molecule has 0 bridgehead atoms. The number of amides is 2. The van der Waals surface area contributed by atoms with E-state index < -0.39 is 6.04 Å². The summed E-state index contributed by atoms with van der Waals surface area (Å²) >= 11 is 0. The highest BCUT2D eigenvalue weighted by atomic mass is 16.2. The van der Waals surface area contributed by atoms with Crippen molar-refractivity contribution in [2.75, 3.05) is 19.3 Å². The van der Waals surface area contributed by atoms with Crippen molar-refractivity contribution in [2.24, 2.45) is 0 Å². The van der Waals surface area contributed by atoms with Crippen molar-refractivity contribution in [1.29, 1.82) is 0 Å². The summed E-state index contributed by atoms with van der Waals surface area (Å²) in [5.41, 5.74) is 6.57. The summed E-state index contributed by atoms with van der Waals surface area (Å²) in [6.45, 7) is 4.15. The quantitative estimate of drug-likeness (QED) is 0.777. The van der Waals surface area contributed by atoms with Gasteiger partial charge in [0.15, 0.2) is 0 Å². The van der Waals surface area contributed by atoms with Gasteiger partial charge in [0.05, 0.1) is 0 Å². The third-order valence-corrected chi connectivity index (χ3v) is 2.72. The van der Waals surface area contributed by atoms with E-state index in [9.17, 15) is 9.59 Å². The Kier molecular flexibility index (Phi) is 4.71. The average Bonchev–Trinajstić information content (AvgIpc) is 2.36. The van der Waals surface area contributed by atoms with E-state index in [1.807, 2.05) is 6.92 Å². The van der Waals surface area contributed by atoms with Crippen molar-refractivity contribution < 1.29 is 9.59 Å². The van der Waals surface area contributed by atoms with Crippen LogP contribution in [0.3, 0.4) is 0 Å². The molecule has 0 aliphatic heterocycles. The fourth-order valence-corrected chi connectivity index (χ4v) is 1.51. The molecule has 0 aromatic heterocycles. The topological polar surface area (TPSA) is 75.4 Å².